The Balaban J connectivity index is 1.64. The van der Waals surface area contributed by atoms with Crippen LogP contribution >= 0.6 is 39.3 Å². The summed E-state index contributed by atoms with van der Waals surface area (Å²) in [5.41, 5.74) is 2.67. The molecular formula is C27H24BrClN2O2S. The molecule has 1 aliphatic rings. The van der Waals surface area contributed by atoms with Crippen molar-refractivity contribution in [1.82, 2.24) is 4.90 Å². The lowest BCUT2D eigenvalue weighted by atomic mass is 10.1. The molecule has 0 aliphatic carbocycles. The molecule has 1 amide bonds. The van der Waals surface area contributed by atoms with Crippen molar-refractivity contribution in [3.63, 3.8) is 0 Å². The van der Waals surface area contributed by atoms with Gasteiger partial charge >= 0.3 is 0 Å². The van der Waals surface area contributed by atoms with Gasteiger partial charge in [0.25, 0.3) is 5.91 Å². The summed E-state index contributed by atoms with van der Waals surface area (Å²) >= 11 is 10.9. The van der Waals surface area contributed by atoms with Crippen LogP contribution in [0, 0.1) is 5.92 Å². The summed E-state index contributed by atoms with van der Waals surface area (Å²) in [7, 11) is 0. The van der Waals surface area contributed by atoms with E-state index in [-0.39, 0.29) is 5.91 Å². The van der Waals surface area contributed by atoms with Crippen molar-refractivity contribution in [2.24, 2.45) is 10.9 Å². The standard InChI is InChI=1S/C27H24BrClN2O2S/c1-18(2)16-31-26(32)25(34-27(31)30-23-11-9-22(29)10-12-23)15-20-14-21(28)8-13-24(20)33-17-19-6-4-3-5-7-19/h3-15,18H,16-17H2,1-2H3/b25-15-,30-27?. The molecule has 0 radical (unpaired) electrons. The maximum Gasteiger partial charge on any atom is 0.266 e. The summed E-state index contributed by atoms with van der Waals surface area (Å²) < 4.78 is 7.02. The third kappa shape index (κ3) is 6.32. The van der Waals surface area contributed by atoms with Crippen molar-refractivity contribution in [2.45, 2.75) is 20.5 Å². The van der Waals surface area contributed by atoms with Gasteiger partial charge in [0, 0.05) is 21.6 Å². The molecule has 0 N–H and O–H groups in total. The van der Waals surface area contributed by atoms with Gasteiger partial charge in [0.05, 0.1) is 10.6 Å². The maximum atomic E-state index is 13.4. The highest BCUT2D eigenvalue weighted by Gasteiger charge is 2.34. The van der Waals surface area contributed by atoms with Crippen molar-refractivity contribution in [2.75, 3.05) is 6.54 Å². The van der Waals surface area contributed by atoms with E-state index in [1.54, 1.807) is 17.0 Å². The first kappa shape index (κ1) is 24.6. The average molecular weight is 556 g/mol. The molecule has 4 rings (SSSR count). The van der Waals surface area contributed by atoms with E-state index in [1.165, 1.54) is 11.8 Å². The van der Waals surface area contributed by atoms with Crippen molar-refractivity contribution in [3.05, 3.63) is 98.3 Å². The highest BCUT2D eigenvalue weighted by atomic mass is 79.9. The van der Waals surface area contributed by atoms with Crippen molar-refractivity contribution in [1.29, 1.82) is 0 Å². The molecule has 7 heteroatoms. The predicted octanol–water partition coefficient (Wildman–Crippen LogP) is 7.94. The quantitative estimate of drug-likeness (QED) is 0.278. The number of rotatable bonds is 7. The Bertz CT molecular complexity index is 1230. The number of thioether (sulfide) groups is 1. The summed E-state index contributed by atoms with van der Waals surface area (Å²) in [5, 5.41) is 1.31. The largest absolute Gasteiger partial charge is 0.488 e. The van der Waals surface area contributed by atoms with Crippen LogP contribution in [-0.4, -0.2) is 22.5 Å². The number of carbonyl (C=O) groups excluding carboxylic acids is 1. The Morgan fingerprint density at radius 1 is 1.09 bits per heavy atom. The van der Waals surface area contributed by atoms with Crippen LogP contribution < -0.4 is 4.74 Å². The molecule has 0 spiro atoms. The molecule has 1 fully saturated rings. The molecular weight excluding hydrogens is 532 g/mol. The zero-order chi connectivity index (χ0) is 24.1. The number of hydrogen-bond donors (Lipinski definition) is 0. The fourth-order valence-electron chi connectivity index (χ4n) is 3.38. The third-order valence-electron chi connectivity index (χ3n) is 4.98. The Morgan fingerprint density at radius 3 is 2.53 bits per heavy atom. The Labute approximate surface area is 217 Å². The second-order valence-electron chi connectivity index (χ2n) is 8.25. The first-order valence-corrected chi connectivity index (χ1v) is 12.9. The Kier molecular flexibility index (Phi) is 8.14. The number of amides is 1. The van der Waals surface area contributed by atoms with Gasteiger partial charge in [0.15, 0.2) is 5.17 Å². The number of carbonyl (C=O) groups is 1. The number of benzene rings is 3. The topological polar surface area (TPSA) is 41.9 Å². The van der Waals surface area contributed by atoms with E-state index in [9.17, 15) is 4.79 Å². The lowest BCUT2D eigenvalue weighted by molar-refractivity contribution is -0.122. The Hall–Kier alpha value is -2.54. The maximum absolute atomic E-state index is 13.4. The number of ether oxygens (including phenoxy) is 1. The van der Waals surface area contributed by atoms with E-state index < -0.39 is 0 Å². The number of amidine groups is 1. The van der Waals surface area contributed by atoms with Crippen LogP contribution in [0.3, 0.4) is 0 Å². The van der Waals surface area contributed by atoms with Crippen LogP contribution in [0.4, 0.5) is 5.69 Å². The van der Waals surface area contributed by atoms with Crippen LogP contribution in [0.2, 0.25) is 5.02 Å². The van der Waals surface area contributed by atoms with Gasteiger partial charge < -0.3 is 4.74 Å². The molecule has 1 heterocycles. The zero-order valence-electron chi connectivity index (χ0n) is 18.9. The third-order valence-corrected chi connectivity index (χ3v) is 6.73. The van der Waals surface area contributed by atoms with Gasteiger partial charge in [-0.1, -0.05) is 71.7 Å². The smallest absolute Gasteiger partial charge is 0.266 e. The molecule has 1 saturated heterocycles. The molecule has 0 atom stereocenters. The van der Waals surface area contributed by atoms with Crippen molar-refractivity contribution >= 4 is 62.1 Å². The molecule has 3 aromatic carbocycles. The van der Waals surface area contributed by atoms with Gasteiger partial charge in [-0.25, -0.2) is 4.99 Å². The molecule has 3 aromatic rings. The number of halogens is 2. The summed E-state index contributed by atoms with van der Waals surface area (Å²) in [6, 6.07) is 23.1. The van der Waals surface area contributed by atoms with Gasteiger partial charge in [-0.2, -0.15) is 0 Å². The SMILES string of the molecule is CC(C)CN1C(=O)/C(=C/c2cc(Br)ccc2OCc2ccccc2)SC1=Nc1ccc(Cl)cc1. The highest BCUT2D eigenvalue weighted by molar-refractivity contribution is 9.10. The average Bonchev–Trinajstić information content (AvgIpc) is 3.09. The molecule has 4 nitrogen and oxygen atoms in total. The summed E-state index contributed by atoms with van der Waals surface area (Å²) in [6.45, 7) is 5.21. The summed E-state index contributed by atoms with van der Waals surface area (Å²) in [4.78, 5) is 20.5. The van der Waals surface area contributed by atoms with Crippen molar-refractivity contribution in [3.8, 4) is 5.75 Å². The minimum Gasteiger partial charge on any atom is -0.488 e. The van der Waals surface area contributed by atoms with Crippen LogP contribution in [0.25, 0.3) is 6.08 Å². The Morgan fingerprint density at radius 2 is 1.82 bits per heavy atom. The first-order chi connectivity index (χ1) is 16.4. The van der Waals surface area contributed by atoms with Crippen LogP contribution in [-0.2, 0) is 11.4 Å². The highest BCUT2D eigenvalue weighted by Crippen LogP contribution is 2.37. The lowest BCUT2D eigenvalue weighted by Crippen LogP contribution is -2.32. The van der Waals surface area contributed by atoms with Gasteiger partial charge in [-0.05, 0) is 71.8 Å². The molecule has 0 unspecified atom stereocenters. The number of nitrogens with zero attached hydrogens (tertiary/aromatic N) is 2. The fraction of sp³-hybridized carbons (Fsp3) is 0.185. The second-order valence-corrected chi connectivity index (χ2v) is 10.6. The fourth-order valence-corrected chi connectivity index (χ4v) is 4.89. The monoisotopic (exact) mass is 554 g/mol. The lowest BCUT2D eigenvalue weighted by Gasteiger charge is -2.17. The number of aliphatic imine (C=N–C) groups is 1. The normalized spacial score (nSPS) is 16.1. The molecule has 0 bridgehead atoms. The van der Waals surface area contributed by atoms with Crippen LogP contribution in [0.5, 0.6) is 5.75 Å². The van der Waals surface area contributed by atoms with Gasteiger partial charge in [-0.3, -0.25) is 9.69 Å². The van der Waals surface area contributed by atoms with E-state index in [0.29, 0.717) is 39.9 Å². The van der Waals surface area contributed by atoms with Crippen LogP contribution in [0.1, 0.15) is 25.0 Å². The van der Waals surface area contributed by atoms with Crippen molar-refractivity contribution < 1.29 is 9.53 Å². The molecule has 1 aliphatic heterocycles. The molecule has 0 aromatic heterocycles. The molecule has 34 heavy (non-hydrogen) atoms. The summed E-state index contributed by atoms with van der Waals surface area (Å²) in [5.74, 6) is 0.960. The molecule has 0 saturated carbocycles. The minimum atomic E-state index is -0.0552. The van der Waals surface area contributed by atoms with Gasteiger partial charge in [0.1, 0.15) is 12.4 Å². The van der Waals surface area contributed by atoms with Gasteiger partial charge in [0.2, 0.25) is 0 Å². The van der Waals surface area contributed by atoms with E-state index in [1.807, 2.05) is 66.7 Å². The second kappa shape index (κ2) is 11.3. The van der Waals surface area contributed by atoms with Gasteiger partial charge in [-0.15, -0.1) is 0 Å². The molecule has 174 valence electrons. The number of hydrogen-bond acceptors (Lipinski definition) is 4. The summed E-state index contributed by atoms with van der Waals surface area (Å²) in [6.07, 6.45) is 1.88. The van der Waals surface area contributed by atoms with E-state index in [4.69, 9.17) is 21.3 Å². The predicted molar refractivity (Wildman–Crippen MR) is 146 cm³/mol. The van der Waals surface area contributed by atoms with E-state index in [2.05, 4.69) is 29.8 Å². The van der Waals surface area contributed by atoms with Crippen LogP contribution in [0.15, 0.2) is 87.2 Å². The minimum absolute atomic E-state index is 0.0552. The zero-order valence-corrected chi connectivity index (χ0v) is 22.0. The first-order valence-electron chi connectivity index (χ1n) is 10.9. The van der Waals surface area contributed by atoms with E-state index in [0.717, 1.165) is 21.3 Å². The van der Waals surface area contributed by atoms with E-state index >= 15 is 0 Å².